The molecule has 0 atom stereocenters. The molecule has 3 N–H and O–H groups in total. The van der Waals surface area contributed by atoms with Crippen molar-refractivity contribution in [2.24, 2.45) is 10.9 Å². The van der Waals surface area contributed by atoms with Crippen LogP contribution < -0.4 is 16.0 Å². The highest BCUT2D eigenvalue weighted by molar-refractivity contribution is 5.81. The van der Waals surface area contributed by atoms with Crippen molar-refractivity contribution < 1.29 is 4.79 Å². The van der Waals surface area contributed by atoms with E-state index >= 15 is 0 Å². The van der Waals surface area contributed by atoms with Crippen molar-refractivity contribution in [2.45, 2.75) is 26.3 Å². The Balaban J connectivity index is 1.47. The van der Waals surface area contributed by atoms with Crippen LogP contribution in [0.1, 0.15) is 25.3 Å². The van der Waals surface area contributed by atoms with Crippen LogP contribution in [0.4, 0.5) is 0 Å². The Morgan fingerprint density at radius 3 is 2.62 bits per heavy atom. The molecule has 138 valence electrons. The summed E-state index contributed by atoms with van der Waals surface area (Å²) in [5.41, 5.74) is 2.15. The van der Waals surface area contributed by atoms with Gasteiger partial charge in [0.2, 0.25) is 5.91 Å². The normalized spacial score (nSPS) is 14.1. The van der Waals surface area contributed by atoms with Crippen LogP contribution in [0, 0.1) is 5.92 Å². The second kappa shape index (κ2) is 9.03. The van der Waals surface area contributed by atoms with Crippen molar-refractivity contribution >= 4 is 11.9 Å². The molecule has 26 heavy (non-hydrogen) atoms. The second-order valence-electron chi connectivity index (χ2n) is 6.30. The van der Waals surface area contributed by atoms with Gasteiger partial charge in [0.25, 0.3) is 0 Å². The van der Waals surface area contributed by atoms with Gasteiger partial charge < -0.3 is 16.0 Å². The fraction of sp³-hybridized carbons (Fsp3) is 0.421. The lowest BCUT2D eigenvalue weighted by atomic mass is 10.2. The number of hydrogen-bond donors (Lipinski definition) is 3. The number of carbonyl (C=O) groups is 1. The van der Waals surface area contributed by atoms with E-state index in [1.165, 1.54) is 0 Å². The summed E-state index contributed by atoms with van der Waals surface area (Å²) < 4.78 is 1.83. The van der Waals surface area contributed by atoms with Crippen LogP contribution in [0.25, 0.3) is 5.69 Å². The van der Waals surface area contributed by atoms with Crippen molar-refractivity contribution in [1.82, 2.24) is 25.7 Å². The van der Waals surface area contributed by atoms with Crippen LogP contribution in [0.5, 0.6) is 0 Å². The molecule has 1 saturated carbocycles. The molecule has 1 aliphatic rings. The molecule has 1 aliphatic carbocycles. The first-order valence-corrected chi connectivity index (χ1v) is 9.15. The van der Waals surface area contributed by atoms with E-state index in [-0.39, 0.29) is 11.8 Å². The van der Waals surface area contributed by atoms with Crippen LogP contribution in [0.2, 0.25) is 0 Å². The van der Waals surface area contributed by atoms with E-state index in [0.29, 0.717) is 19.6 Å². The summed E-state index contributed by atoms with van der Waals surface area (Å²) in [6.07, 6.45) is 5.74. The SMILES string of the molecule is CCNC(=NCc1ccc(-n2cccn2)cc1)NCCNC(=O)C1CC1. The van der Waals surface area contributed by atoms with Crippen LogP contribution in [0.15, 0.2) is 47.7 Å². The molecule has 1 fully saturated rings. The number of carbonyl (C=O) groups excluding carboxylic acids is 1. The molecule has 7 heteroatoms. The number of benzene rings is 1. The Labute approximate surface area is 153 Å². The first kappa shape index (κ1) is 18.0. The Hall–Kier alpha value is -2.83. The van der Waals surface area contributed by atoms with Gasteiger partial charge in [0.15, 0.2) is 5.96 Å². The summed E-state index contributed by atoms with van der Waals surface area (Å²) >= 11 is 0. The van der Waals surface area contributed by atoms with E-state index in [1.54, 1.807) is 6.20 Å². The molecule has 2 aromatic rings. The third-order valence-electron chi connectivity index (χ3n) is 4.13. The molecule has 1 aromatic heterocycles. The number of rotatable bonds is 8. The molecule has 0 saturated heterocycles. The van der Waals surface area contributed by atoms with Gasteiger partial charge in [-0.2, -0.15) is 5.10 Å². The largest absolute Gasteiger partial charge is 0.357 e. The standard InChI is InChI=1S/C19H26N6O/c1-2-20-19(22-12-11-21-18(26)16-6-7-16)23-14-15-4-8-17(9-5-15)25-13-3-10-24-25/h3-5,8-10,13,16H,2,6-7,11-12,14H2,1H3,(H,21,26)(H2,20,22,23). The summed E-state index contributed by atoms with van der Waals surface area (Å²) in [7, 11) is 0. The third kappa shape index (κ3) is 5.34. The van der Waals surface area contributed by atoms with Gasteiger partial charge >= 0.3 is 0 Å². The maximum atomic E-state index is 11.6. The molecule has 0 unspecified atom stereocenters. The Kier molecular flexibility index (Phi) is 6.24. The fourth-order valence-electron chi connectivity index (χ4n) is 2.54. The predicted molar refractivity (Wildman–Crippen MR) is 102 cm³/mol. The quantitative estimate of drug-likeness (QED) is 0.381. The summed E-state index contributed by atoms with van der Waals surface area (Å²) in [6.45, 7) is 4.67. The van der Waals surface area contributed by atoms with Crippen LogP contribution in [-0.2, 0) is 11.3 Å². The lowest BCUT2D eigenvalue weighted by Gasteiger charge is -2.12. The van der Waals surface area contributed by atoms with Crippen LogP contribution >= 0.6 is 0 Å². The van der Waals surface area contributed by atoms with Gasteiger partial charge in [0.05, 0.1) is 12.2 Å². The third-order valence-corrected chi connectivity index (χ3v) is 4.13. The smallest absolute Gasteiger partial charge is 0.223 e. The van der Waals surface area contributed by atoms with Crippen LogP contribution in [0.3, 0.4) is 0 Å². The minimum atomic E-state index is 0.172. The van der Waals surface area contributed by atoms with Gasteiger partial charge in [-0.25, -0.2) is 9.67 Å². The van der Waals surface area contributed by atoms with Crippen LogP contribution in [-0.4, -0.2) is 41.3 Å². The van der Waals surface area contributed by atoms with Gasteiger partial charge in [0.1, 0.15) is 0 Å². The fourth-order valence-corrected chi connectivity index (χ4v) is 2.54. The number of aliphatic imine (C=N–C) groups is 1. The molecule has 1 heterocycles. The number of nitrogens with one attached hydrogen (secondary N) is 3. The number of hydrogen-bond acceptors (Lipinski definition) is 3. The van der Waals surface area contributed by atoms with Crippen molar-refractivity contribution in [3.05, 3.63) is 48.3 Å². The maximum absolute atomic E-state index is 11.6. The van der Waals surface area contributed by atoms with E-state index in [4.69, 9.17) is 0 Å². The first-order chi connectivity index (χ1) is 12.8. The molecular weight excluding hydrogens is 328 g/mol. The molecular formula is C19H26N6O. The molecule has 0 aliphatic heterocycles. The van der Waals surface area contributed by atoms with Gasteiger partial charge in [-0.15, -0.1) is 0 Å². The molecule has 1 amide bonds. The summed E-state index contributed by atoms with van der Waals surface area (Å²) in [4.78, 5) is 16.2. The lowest BCUT2D eigenvalue weighted by molar-refractivity contribution is -0.122. The van der Waals surface area contributed by atoms with Gasteiger partial charge in [-0.1, -0.05) is 12.1 Å². The van der Waals surface area contributed by atoms with Gasteiger partial charge in [-0.3, -0.25) is 4.79 Å². The second-order valence-corrected chi connectivity index (χ2v) is 6.30. The molecule has 3 rings (SSSR count). The minimum Gasteiger partial charge on any atom is -0.357 e. The highest BCUT2D eigenvalue weighted by Gasteiger charge is 2.28. The number of guanidine groups is 1. The number of nitrogens with zero attached hydrogens (tertiary/aromatic N) is 3. The average Bonchev–Trinajstić information content (AvgIpc) is 3.38. The van der Waals surface area contributed by atoms with Crippen molar-refractivity contribution in [1.29, 1.82) is 0 Å². The number of aromatic nitrogens is 2. The van der Waals surface area contributed by atoms with Gasteiger partial charge in [0, 0.05) is 37.9 Å². The van der Waals surface area contributed by atoms with Crippen molar-refractivity contribution in [2.75, 3.05) is 19.6 Å². The zero-order chi connectivity index (χ0) is 18.2. The highest BCUT2D eigenvalue weighted by atomic mass is 16.2. The zero-order valence-corrected chi connectivity index (χ0v) is 15.1. The molecule has 0 bridgehead atoms. The average molecular weight is 354 g/mol. The van der Waals surface area contributed by atoms with E-state index in [1.807, 2.05) is 36.0 Å². The maximum Gasteiger partial charge on any atom is 0.223 e. The topological polar surface area (TPSA) is 83.3 Å². The monoisotopic (exact) mass is 354 g/mol. The van der Waals surface area contributed by atoms with E-state index in [9.17, 15) is 4.79 Å². The zero-order valence-electron chi connectivity index (χ0n) is 15.1. The van der Waals surface area contributed by atoms with E-state index in [0.717, 1.165) is 36.6 Å². The van der Waals surface area contributed by atoms with E-state index < -0.39 is 0 Å². The molecule has 0 radical (unpaired) electrons. The predicted octanol–water partition coefficient (Wildman–Crippen LogP) is 1.45. The summed E-state index contributed by atoms with van der Waals surface area (Å²) in [5.74, 6) is 1.18. The van der Waals surface area contributed by atoms with Gasteiger partial charge in [-0.05, 0) is 43.5 Å². The lowest BCUT2D eigenvalue weighted by Crippen LogP contribution is -2.41. The van der Waals surface area contributed by atoms with Crippen molar-refractivity contribution in [3.8, 4) is 5.69 Å². The highest BCUT2D eigenvalue weighted by Crippen LogP contribution is 2.28. The molecule has 1 aromatic carbocycles. The van der Waals surface area contributed by atoms with Crippen molar-refractivity contribution in [3.63, 3.8) is 0 Å². The molecule has 7 nitrogen and oxygen atoms in total. The Morgan fingerprint density at radius 1 is 1.19 bits per heavy atom. The summed E-state index contributed by atoms with van der Waals surface area (Å²) in [5, 5.41) is 13.6. The Bertz CT molecular complexity index is 719. The summed E-state index contributed by atoms with van der Waals surface area (Å²) in [6, 6.07) is 10.1. The Morgan fingerprint density at radius 2 is 1.96 bits per heavy atom. The first-order valence-electron chi connectivity index (χ1n) is 9.15. The molecule has 0 spiro atoms. The minimum absolute atomic E-state index is 0.172. The number of amides is 1. The van der Waals surface area contributed by atoms with E-state index in [2.05, 4.69) is 38.2 Å².